The van der Waals surface area contributed by atoms with Gasteiger partial charge in [-0.2, -0.15) is 13.2 Å². The lowest BCUT2D eigenvalue weighted by Gasteiger charge is -2.13. The van der Waals surface area contributed by atoms with Crippen molar-refractivity contribution in [3.63, 3.8) is 0 Å². The number of fused-ring (bicyclic) bond motifs is 1. The average molecular weight is 231 g/mol. The summed E-state index contributed by atoms with van der Waals surface area (Å²) in [5.74, 6) is -0.0200. The molecule has 0 bridgehead atoms. The topological polar surface area (TPSA) is 35.2 Å². The third kappa shape index (κ3) is 2.00. The van der Waals surface area contributed by atoms with Crippen LogP contribution in [-0.2, 0) is 12.6 Å². The zero-order valence-electron chi connectivity index (χ0n) is 8.55. The number of para-hydroxylation sites is 1. The van der Waals surface area contributed by atoms with Gasteiger partial charge in [-0.25, -0.2) is 0 Å². The molecule has 1 heterocycles. The van der Waals surface area contributed by atoms with E-state index in [9.17, 15) is 13.2 Å². The molecule has 0 aliphatic carbocycles. The van der Waals surface area contributed by atoms with Gasteiger partial charge >= 0.3 is 6.18 Å². The van der Waals surface area contributed by atoms with Gasteiger partial charge in [0, 0.05) is 6.42 Å². The molecule has 16 heavy (non-hydrogen) atoms. The minimum Gasteiger partial charge on any atom is -0.489 e. The molecule has 1 aliphatic rings. The molecule has 1 unspecified atom stereocenters. The fourth-order valence-corrected chi connectivity index (χ4v) is 1.91. The van der Waals surface area contributed by atoms with E-state index in [2.05, 4.69) is 0 Å². The van der Waals surface area contributed by atoms with Crippen LogP contribution in [0.2, 0.25) is 0 Å². The molecule has 1 aliphatic heterocycles. The van der Waals surface area contributed by atoms with Gasteiger partial charge in [-0.05, 0) is 24.6 Å². The molecular weight excluding hydrogens is 219 g/mol. The van der Waals surface area contributed by atoms with Crippen molar-refractivity contribution in [3.8, 4) is 5.75 Å². The van der Waals surface area contributed by atoms with Crippen LogP contribution in [0.25, 0.3) is 0 Å². The van der Waals surface area contributed by atoms with Crippen LogP contribution in [0.5, 0.6) is 5.75 Å². The van der Waals surface area contributed by atoms with Gasteiger partial charge in [0.05, 0.1) is 5.56 Å². The Bertz CT molecular complexity index is 389. The van der Waals surface area contributed by atoms with E-state index < -0.39 is 11.7 Å². The van der Waals surface area contributed by atoms with Gasteiger partial charge in [0.1, 0.15) is 11.9 Å². The Morgan fingerprint density at radius 1 is 1.38 bits per heavy atom. The van der Waals surface area contributed by atoms with Gasteiger partial charge in [0.15, 0.2) is 0 Å². The molecule has 2 N–H and O–H groups in total. The molecule has 1 aromatic rings. The molecule has 2 nitrogen and oxygen atoms in total. The highest BCUT2D eigenvalue weighted by atomic mass is 19.4. The van der Waals surface area contributed by atoms with Crippen LogP contribution in [-0.4, -0.2) is 12.6 Å². The second-order valence-corrected chi connectivity index (χ2v) is 3.81. The van der Waals surface area contributed by atoms with Gasteiger partial charge in [0.2, 0.25) is 0 Å². The lowest BCUT2D eigenvalue weighted by Crippen LogP contribution is -2.18. The van der Waals surface area contributed by atoms with Crippen molar-refractivity contribution < 1.29 is 17.9 Å². The number of rotatable bonds is 2. The molecule has 2 rings (SSSR count). The predicted octanol–water partition coefficient (Wildman–Crippen LogP) is 2.36. The number of hydrogen-bond donors (Lipinski definition) is 1. The fraction of sp³-hybridized carbons (Fsp3) is 0.455. The minimum absolute atomic E-state index is 0.0200. The standard InChI is InChI=1S/C11H12F3NO/c12-11(13,14)9-3-1-2-7-6-8(4-5-15)16-10(7)9/h1-3,8H,4-6,15H2. The molecule has 0 saturated carbocycles. The zero-order valence-corrected chi connectivity index (χ0v) is 8.55. The molecule has 5 heteroatoms. The zero-order chi connectivity index (χ0) is 11.8. The number of hydrogen-bond acceptors (Lipinski definition) is 2. The number of nitrogens with two attached hydrogens (primary N) is 1. The van der Waals surface area contributed by atoms with Crippen LogP contribution >= 0.6 is 0 Å². The molecule has 0 fully saturated rings. The van der Waals surface area contributed by atoms with Crippen LogP contribution in [0, 0.1) is 0 Å². The monoisotopic (exact) mass is 231 g/mol. The van der Waals surface area contributed by atoms with Crippen molar-refractivity contribution in [2.75, 3.05) is 6.54 Å². The van der Waals surface area contributed by atoms with Crippen LogP contribution in [0.1, 0.15) is 17.5 Å². The number of benzene rings is 1. The van der Waals surface area contributed by atoms with Crippen LogP contribution < -0.4 is 10.5 Å². The molecule has 0 radical (unpaired) electrons. The van der Waals surface area contributed by atoms with Gasteiger partial charge in [-0.3, -0.25) is 0 Å². The van der Waals surface area contributed by atoms with E-state index in [-0.39, 0.29) is 11.9 Å². The highest BCUT2D eigenvalue weighted by Gasteiger charge is 2.38. The molecule has 0 saturated heterocycles. The number of alkyl halides is 3. The van der Waals surface area contributed by atoms with Gasteiger partial charge in [0.25, 0.3) is 0 Å². The Morgan fingerprint density at radius 2 is 2.12 bits per heavy atom. The van der Waals surface area contributed by atoms with Crippen molar-refractivity contribution in [1.29, 1.82) is 0 Å². The fourth-order valence-electron chi connectivity index (χ4n) is 1.91. The maximum absolute atomic E-state index is 12.7. The molecule has 1 aromatic carbocycles. The van der Waals surface area contributed by atoms with E-state index in [0.29, 0.717) is 24.9 Å². The number of ether oxygens (including phenoxy) is 1. The van der Waals surface area contributed by atoms with Gasteiger partial charge in [-0.15, -0.1) is 0 Å². The Hall–Kier alpha value is -1.23. The predicted molar refractivity (Wildman–Crippen MR) is 53.2 cm³/mol. The first kappa shape index (κ1) is 11.3. The number of halogens is 3. The van der Waals surface area contributed by atoms with Crippen LogP contribution in [0.4, 0.5) is 13.2 Å². The summed E-state index contributed by atoms with van der Waals surface area (Å²) in [4.78, 5) is 0. The van der Waals surface area contributed by atoms with Crippen LogP contribution in [0.15, 0.2) is 18.2 Å². The quantitative estimate of drug-likeness (QED) is 0.848. The largest absolute Gasteiger partial charge is 0.489 e. The second kappa shape index (κ2) is 3.97. The summed E-state index contributed by atoms with van der Waals surface area (Å²) < 4.78 is 43.3. The molecule has 1 atom stereocenters. The highest BCUT2D eigenvalue weighted by molar-refractivity contribution is 5.46. The molecular formula is C11H12F3NO. The SMILES string of the molecule is NCCC1Cc2cccc(C(F)(F)F)c2O1. The Balaban J connectivity index is 2.31. The molecule has 0 spiro atoms. The van der Waals surface area contributed by atoms with E-state index in [4.69, 9.17) is 10.5 Å². The first-order chi connectivity index (χ1) is 7.52. The maximum atomic E-state index is 12.7. The summed E-state index contributed by atoms with van der Waals surface area (Å²) in [7, 11) is 0. The van der Waals surface area contributed by atoms with E-state index in [1.165, 1.54) is 6.07 Å². The minimum atomic E-state index is -4.36. The van der Waals surface area contributed by atoms with E-state index in [1.54, 1.807) is 6.07 Å². The third-order valence-corrected chi connectivity index (χ3v) is 2.62. The average Bonchev–Trinajstić information content (AvgIpc) is 2.58. The highest BCUT2D eigenvalue weighted by Crippen LogP contribution is 2.42. The van der Waals surface area contributed by atoms with E-state index in [0.717, 1.165) is 6.07 Å². The third-order valence-electron chi connectivity index (χ3n) is 2.62. The Labute approximate surface area is 91.2 Å². The van der Waals surface area contributed by atoms with Crippen molar-refractivity contribution in [1.82, 2.24) is 0 Å². The summed E-state index contributed by atoms with van der Waals surface area (Å²) in [6.07, 6.45) is -3.49. The first-order valence-corrected chi connectivity index (χ1v) is 5.08. The van der Waals surface area contributed by atoms with Crippen molar-refractivity contribution >= 4 is 0 Å². The maximum Gasteiger partial charge on any atom is 0.419 e. The van der Waals surface area contributed by atoms with Crippen molar-refractivity contribution in [2.45, 2.75) is 25.1 Å². The summed E-state index contributed by atoms with van der Waals surface area (Å²) in [5.41, 5.74) is 5.29. The van der Waals surface area contributed by atoms with Gasteiger partial charge in [-0.1, -0.05) is 12.1 Å². The molecule has 0 aromatic heterocycles. The first-order valence-electron chi connectivity index (χ1n) is 5.08. The normalized spacial score (nSPS) is 19.4. The Kier molecular flexibility index (Phi) is 2.80. The molecule has 88 valence electrons. The van der Waals surface area contributed by atoms with Crippen LogP contribution in [0.3, 0.4) is 0 Å². The smallest absolute Gasteiger partial charge is 0.419 e. The van der Waals surface area contributed by atoms with E-state index >= 15 is 0 Å². The molecule has 0 amide bonds. The van der Waals surface area contributed by atoms with E-state index in [1.807, 2.05) is 0 Å². The van der Waals surface area contributed by atoms with Crippen molar-refractivity contribution in [2.24, 2.45) is 5.73 Å². The van der Waals surface area contributed by atoms with Crippen molar-refractivity contribution in [3.05, 3.63) is 29.3 Å². The Morgan fingerprint density at radius 3 is 2.75 bits per heavy atom. The summed E-state index contributed by atoms with van der Waals surface area (Å²) in [6.45, 7) is 0.417. The summed E-state index contributed by atoms with van der Waals surface area (Å²) >= 11 is 0. The second-order valence-electron chi connectivity index (χ2n) is 3.81. The summed E-state index contributed by atoms with van der Waals surface area (Å²) in [5, 5.41) is 0. The lowest BCUT2D eigenvalue weighted by molar-refractivity contribution is -0.139. The summed E-state index contributed by atoms with van der Waals surface area (Å²) in [6, 6.07) is 4.13. The lowest BCUT2D eigenvalue weighted by atomic mass is 10.1. The van der Waals surface area contributed by atoms with Gasteiger partial charge < -0.3 is 10.5 Å².